The van der Waals surface area contributed by atoms with E-state index >= 15 is 0 Å². The predicted octanol–water partition coefficient (Wildman–Crippen LogP) is 1.40. The monoisotopic (exact) mass is 204 g/mol. The van der Waals surface area contributed by atoms with Crippen molar-refractivity contribution in [2.75, 3.05) is 0 Å². The van der Waals surface area contributed by atoms with E-state index < -0.39 is 5.91 Å². The third kappa shape index (κ3) is 2.10. The van der Waals surface area contributed by atoms with Crippen LogP contribution in [-0.2, 0) is 11.2 Å². The lowest BCUT2D eigenvalue weighted by atomic mass is 10.2. The van der Waals surface area contributed by atoms with Crippen molar-refractivity contribution >= 4 is 16.8 Å². The number of benzene rings is 1. The largest absolute Gasteiger partial charge is 0.369 e. The summed E-state index contributed by atoms with van der Waals surface area (Å²) in [5, 5.41) is 0.711. The van der Waals surface area contributed by atoms with Crippen molar-refractivity contribution in [3.8, 4) is 0 Å². The summed E-state index contributed by atoms with van der Waals surface area (Å²) in [5.41, 5.74) is 6.31. The van der Waals surface area contributed by atoms with Crippen molar-refractivity contribution in [1.29, 1.82) is 0 Å². The Hall–Kier alpha value is -1.97. The number of fused-ring (bicyclic) bond motifs is 1. The van der Waals surface area contributed by atoms with Gasteiger partial charge in [0.15, 0.2) is 0 Å². The molecule has 0 unspecified atom stereocenters. The highest BCUT2D eigenvalue weighted by Crippen LogP contribution is 2.14. The molecule has 1 aromatic carbocycles. The van der Waals surface area contributed by atoms with E-state index in [0.29, 0.717) is 16.6 Å². The molecular formula is C11H9FN2O. The number of halogens is 1. The number of hydrogen-bond donors (Lipinski definition) is 1. The molecule has 0 bridgehead atoms. The van der Waals surface area contributed by atoms with E-state index in [-0.39, 0.29) is 12.2 Å². The topological polar surface area (TPSA) is 56.0 Å². The highest BCUT2D eigenvalue weighted by Gasteiger charge is 2.02. The summed E-state index contributed by atoms with van der Waals surface area (Å²) in [6.07, 6.45) is 0.104. The van der Waals surface area contributed by atoms with Crippen molar-refractivity contribution in [2.45, 2.75) is 6.42 Å². The number of carbonyl (C=O) groups is 1. The number of nitrogens with two attached hydrogens (primary N) is 1. The molecule has 0 radical (unpaired) electrons. The van der Waals surface area contributed by atoms with Gasteiger partial charge in [0.2, 0.25) is 5.91 Å². The Balaban J connectivity index is 2.47. The van der Waals surface area contributed by atoms with E-state index in [9.17, 15) is 9.18 Å². The second-order valence-electron chi connectivity index (χ2n) is 3.28. The molecule has 0 aliphatic heterocycles. The molecule has 0 fully saturated rings. The van der Waals surface area contributed by atoms with Crippen LogP contribution in [0.5, 0.6) is 0 Å². The van der Waals surface area contributed by atoms with Crippen LogP contribution in [0.1, 0.15) is 5.69 Å². The molecule has 0 spiro atoms. The zero-order valence-electron chi connectivity index (χ0n) is 7.90. The van der Waals surface area contributed by atoms with E-state index in [4.69, 9.17) is 5.73 Å². The molecule has 2 rings (SSSR count). The number of rotatable bonds is 2. The first-order valence-corrected chi connectivity index (χ1v) is 4.48. The number of aromatic nitrogens is 1. The van der Waals surface area contributed by atoms with Gasteiger partial charge in [-0.2, -0.15) is 0 Å². The summed E-state index contributed by atoms with van der Waals surface area (Å²) in [6, 6.07) is 7.71. The van der Waals surface area contributed by atoms with Gasteiger partial charge in [-0.15, -0.1) is 0 Å². The summed E-state index contributed by atoms with van der Waals surface area (Å²) >= 11 is 0. The van der Waals surface area contributed by atoms with Crippen molar-refractivity contribution < 1.29 is 9.18 Å². The lowest BCUT2D eigenvalue weighted by Gasteiger charge is -2.00. The Labute approximate surface area is 85.7 Å². The van der Waals surface area contributed by atoms with Crippen molar-refractivity contribution in [2.24, 2.45) is 5.73 Å². The van der Waals surface area contributed by atoms with Gasteiger partial charge in [-0.3, -0.25) is 9.78 Å². The van der Waals surface area contributed by atoms with E-state index in [0.717, 1.165) is 0 Å². The number of hydrogen-bond acceptors (Lipinski definition) is 2. The van der Waals surface area contributed by atoms with Gasteiger partial charge in [0.05, 0.1) is 17.6 Å². The van der Waals surface area contributed by atoms with Crippen LogP contribution in [0.4, 0.5) is 4.39 Å². The van der Waals surface area contributed by atoms with Crippen molar-refractivity contribution in [3.63, 3.8) is 0 Å². The average Bonchev–Trinajstić information content (AvgIpc) is 2.17. The third-order valence-corrected chi connectivity index (χ3v) is 2.06. The fourth-order valence-electron chi connectivity index (χ4n) is 1.42. The Morgan fingerprint density at radius 1 is 1.33 bits per heavy atom. The van der Waals surface area contributed by atoms with Crippen molar-refractivity contribution in [3.05, 3.63) is 41.8 Å². The van der Waals surface area contributed by atoms with E-state index in [1.165, 1.54) is 12.1 Å². The minimum absolute atomic E-state index is 0.104. The van der Waals surface area contributed by atoms with Gasteiger partial charge in [0.25, 0.3) is 0 Å². The molecular weight excluding hydrogens is 195 g/mol. The van der Waals surface area contributed by atoms with Crippen LogP contribution in [0.25, 0.3) is 10.9 Å². The second kappa shape index (κ2) is 3.65. The smallest absolute Gasteiger partial charge is 0.223 e. The molecule has 0 aliphatic carbocycles. The minimum Gasteiger partial charge on any atom is -0.369 e. The number of pyridine rings is 1. The fraction of sp³-hybridized carbons (Fsp3) is 0.0909. The van der Waals surface area contributed by atoms with Gasteiger partial charge in [-0.05, 0) is 24.3 Å². The molecule has 15 heavy (non-hydrogen) atoms. The summed E-state index contributed by atoms with van der Waals surface area (Å²) in [7, 11) is 0. The van der Waals surface area contributed by atoms with E-state index in [1.807, 2.05) is 0 Å². The maximum Gasteiger partial charge on any atom is 0.223 e. The molecule has 1 aromatic heterocycles. The number of carbonyl (C=O) groups excluding carboxylic acids is 1. The number of primary amides is 1. The van der Waals surface area contributed by atoms with Gasteiger partial charge in [-0.1, -0.05) is 6.07 Å². The summed E-state index contributed by atoms with van der Waals surface area (Å²) < 4.78 is 12.8. The molecule has 0 atom stereocenters. The molecule has 2 aromatic rings. The minimum atomic E-state index is -0.427. The Morgan fingerprint density at radius 2 is 2.13 bits per heavy atom. The van der Waals surface area contributed by atoms with E-state index in [2.05, 4.69) is 4.98 Å². The van der Waals surface area contributed by atoms with Gasteiger partial charge in [-0.25, -0.2) is 4.39 Å². The van der Waals surface area contributed by atoms with E-state index in [1.54, 1.807) is 18.2 Å². The van der Waals surface area contributed by atoms with Crippen LogP contribution in [-0.4, -0.2) is 10.9 Å². The molecule has 76 valence electrons. The van der Waals surface area contributed by atoms with Gasteiger partial charge < -0.3 is 5.73 Å². The Morgan fingerprint density at radius 3 is 2.87 bits per heavy atom. The van der Waals surface area contributed by atoms with Crippen molar-refractivity contribution in [1.82, 2.24) is 4.98 Å². The average molecular weight is 204 g/mol. The zero-order valence-corrected chi connectivity index (χ0v) is 7.90. The van der Waals surface area contributed by atoms with Crippen LogP contribution >= 0.6 is 0 Å². The SMILES string of the molecule is NC(=O)Cc1ccc2cc(F)ccc2n1. The normalized spacial score (nSPS) is 10.5. The predicted molar refractivity (Wildman–Crippen MR) is 54.6 cm³/mol. The second-order valence-corrected chi connectivity index (χ2v) is 3.28. The summed E-state index contributed by atoms with van der Waals surface area (Å²) in [6.45, 7) is 0. The molecule has 4 heteroatoms. The Bertz CT molecular complexity index is 525. The van der Waals surface area contributed by atoms with Gasteiger partial charge in [0.1, 0.15) is 5.82 Å². The lowest BCUT2D eigenvalue weighted by Crippen LogP contribution is -2.14. The number of amides is 1. The Kier molecular flexibility index (Phi) is 2.33. The molecule has 3 nitrogen and oxygen atoms in total. The number of nitrogens with zero attached hydrogens (tertiary/aromatic N) is 1. The summed E-state index contributed by atoms with van der Waals surface area (Å²) in [5.74, 6) is -0.726. The molecule has 0 saturated heterocycles. The van der Waals surface area contributed by atoms with Crippen LogP contribution < -0.4 is 5.73 Å². The maximum atomic E-state index is 12.8. The first kappa shape index (κ1) is 9.58. The van der Waals surface area contributed by atoms with Crippen LogP contribution in [0.3, 0.4) is 0 Å². The maximum absolute atomic E-state index is 12.8. The summed E-state index contributed by atoms with van der Waals surface area (Å²) in [4.78, 5) is 14.9. The fourth-order valence-corrected chi connectivity index (χ4v) is 1.42. The first-order chi connectivity index (χ1) is 7.15. The van der Waals surface area contributed by atoms with Crippen LogP contribution in [0.15, 0.2) is 30.3 Å². The lowest BCUT2D eigenvalue weighted by molar-refractivity contribution is -0.117. The highest BCUT2D eigenvalue weighted by molar-refractivity contribution is 5.80. The molecule has 0 aliphatic rings. The van der Waals surface area contributed by atoms with Gasteiger partial charge in [0, 0.05) is 5.39 Å². The van der Waals surface area contributed by atoms with Crippen LogP contribution in [0.2, 0.25) is 0 Å². The zero-order chi connectivity index (χ0) is 10.8. The first-order valence-electron chi connectivity index (χ1n) is 4.48. The molecule has 0 saturated carbocycles. The molecule has 1 heterocycles. The highest BCUT2D eigenvalue weighted by atomic mass is 19.1. The molecule has 1 amide bonds. The third-order valence-electron chi connectivity index (χ3n) is 2.06. The van der Waals surface area contributed by atoms with Gasteiger partial charge >= 0.3 is 0 Å². The standard InChI is InChI=1S/C11H9FN2O/c12-8-2-4-10-7(5-8)1-3-9(14-10)6-11(13)15/h1-5H,6H2,(H2,13,15). The quantitative estimate of drug-likeness (QED) is 0.803. The molecule has 2 N–H and O–H groups in total. The van der Waals surface area contributed by atoms with Crippen LogP contribution in [0, 0.1) is 5.82 Å².